The van der Waals surface area contributed by atoms with Gasteiger partial charge in [0.25, 0.3) is 0 Å². The molecule has 1 aromatic heterocycles. The number of anilines is 1. The Bertz CT molecular complexity index is 608. The fourth-order valence-corrected chi connectivity index (χ4v) is 2.88. The smallest absolute Gasteiger partial charge is 0.319 e. The van der Waals surface area contributed by atoms with Crippen LogP contribution in [0.1, 0.15) is 28.3 Å². The van der Waals surface area contributed by atoms with Crippen LogP contribution in [0.2, 0.25) is 0 Å². The maximum atomic E-state index is 11.8. The van der Waals surface area contributed by atoms with Crippen molar-refractivity contribution in [1.29, 1.82) is 0 Å². The van der Waals surface area contributed by atoms with Crippen LogP contribution in [-0.4, -0.2) is 17.7 Å². The number of carbonyl (C=O) groups excluding carboxylic acids is 1. The Morgan fingerprint density at radius 3 is 2.71 bits per heavy atom. The molecule has 112 valence electrons. The Kier molecular flexibility index (Phi) is 5.36. The Morgan fingerprint density at radius 2 is 2.05 bits per heavy atom. The highest BCUT2D eigenvalue weighted by atomic mass is 32.1. The maximum absolute atomic E-state index is 11.8. The minimum atomic E-state index is -0.430. The first-order valence-electron chi connectivity index (χ1n) is 6.93. The van der Waals surface area contributed by atoms with Crippen molar-refractivity contribution in [3.05, 3.63) is 51.7 Å². The van der Waals surface area contributed by atoms with Crippen molar-refractivity contribution in [2.75, 3.05) is 11.9 Å². The van der Waals surface area contributed by atoms with Crippen molar-refractivity contribution in [2.24, 2.45) is 0 Å². The van der Waals surface area contributed by atoms with Crippen LogP contribution in [0.3, 0.4) is 0 Å². The summed E-state index contributed by atoms with van der Waals surface area (Å²) in [4.78, 5) is 13.9. The summed E-state index contributed by atoms with van der Waals surface area (Å²) in [7, 11) is 0. The fraction of sp³-hybridized carbons (Fsp3) is 0.312. The quantitative estimate of drug-likeness (QED) is 0.792. The molecule has 0 spiro atoms. The van der Waals surface area contributed by atoms with Crippen molar-refractivity contribution in [1.82, 2.24) is 5.32 Å². The van der Waals surface area contributed by atoms with Crippen LogP contribution in [0.5, 0.6) is 0 Å². The summed E-state index contributed by atoms with van der Waals surface area (Å²) >= 11 is 1.58. The molecule has 0 saturated heterocycles. The number of nitrogens with one attached hydrogen (secondary N) is 2. The van der Waals surface area contributed by atoms with Gasteiger partial charge in [-0.05, 0) is 44.0 Å². The van der Waals surface area contributed by atoms with E-state index in [9.17, 15) is 9.90 Å². The number of hydrogen-bond acceptors (Lipinski definition) is 3. The van der Waals surface area contributed by atoms with E-state index in [4.69, 9.17) is 0 Å². The normalized spacial score (nSPS) is 12.0. The third-order valence-corrected chi connectivity index (χ3v) is 4.46. The van der Waals surface area contributed by atoms with Gasteiger partial charge < -0.3 is 15.7 Å². The Morgan fingerprint density at radius 1 is 1.29 bits per heavy atom. The molecule has 0 fully saturated rings. The number of amides is 2. The summed E-state index contributed by atoms with van der Waals surface area (Å²) in [5, 5.41) is 15.1. The Balaban J connectivity index is 1.78. The number of urea groups is 1. The third kappa shape index (κ3) is 4.58. The van der Waals surface area contributed by atoms with E-state index in [-0.39, 0.29) is 6.03 Å². The Labute approximate surface area is 128 Å². The molecule has 0 aliphatic carbocycles. The lowest BCUT2D eigenvalue weighted by Gasteiger charge is -2.09. The molecular weight excluding hydrogens is 284 g/mol. The summed E-state index contributed by atoms with van der Waals surface area (Å²) in [5.41, 5.74) is 1.86. The van der Waals surface area contributed by atoms with Gasteiger partial charge in [-0.15, -0.1) is 11.3 Å². The fourth-order valence-electron chi connectivity index (χ4n) is 1.93. The molecule has 2 amide bonds. The average Bonchev–Trinajstić information content (AvgIpc) is 2.90. The molecular formula is C16H20N2O2S. The number of rotatable bonds is 5. The van der Waals surface area contributed by atoms with Crippen LogP contribution in [0.25, 0.3) is 0 Å². The number of aliphatic hydroxyl groups excluding tert-OH is 1. The lowest BCUT2D eigenvalue weighted by atomic mass is 10.2. The topological polar surface area (TPSA) is 61.4 Å². The zero-order valence-electron chi connectivity index (χ0n) is 12.2. The van der Waals surface area contributed by atoms with Crippen molar-refractivity contribution < 1.29 is 9.90 Å². The number of benzene rings is 1. The molecule has 1 heterocycles. The molecule has 0 bridgehead atoms. The molecule has 0 unspecified atom stereocenters. The first kappa shape index (κ1) is 15.5. The van der Waals surface area contributed by atoms with Gasteiger partial charge >= 0.3 is 6.03 Å². The summed E-state index contributed by atoms with van der Waals surface area (Å²) in [6.45, 7) is 4.28. The monoisotopic (exact) mass is 304 g/mol. The van der Waals surface area contributed by atoms with Gasteiger partial charge in [-0.2, -0.15) is 0 Å². The highest BCUT2D eigenvalue weighted by molar-refractivity contribution is 7.12. The van der Waals surface area contributed by atoms with E-state index in [2.05, 4.69) is 10.6 Å². The van der Waals surface area contributed by atoms with Crippen LogP contribution in [0.15, 0.2) is 36.4 Å². The molecule has 2 rings (SSSR count). The number of hydrogen-bond donors (Lipinski definition) is 3. The third-order valence-electron chi connectivity index (χ3n) is 3.14. The van der Waals surface area contributed by atoms with E-state index >= 15 is 0 Å². The van der Waals surface area contributed by atoms with Gasteiger partial charge in [0.2, 0.25) is 0 Å². The second-order valence-electron chi connectivity index (χ2n) is 4.93. The zero-order valence-corrected chi connectivity index (χ0v) is 13.0. The minimum absolute atomic E-state index is 0.198. The van der Waals surface area contributed by atoms with Crippen molar-refractivity contribution in [3.63, 3.8) is 0 Å². The van der Waals surface area contributed by atoms with Crippen molar-refractivity contribution >= 4 is 23.1 Å². The van der Waals surface area contributed by atoms with Gasteiger partial charge in [-0.25, -0.2) is 4.79 Å². The maximum Gasteiger partial charge on any atom is 0.319 e. The summed E-state index contributed by atoms with van der Waals surface area (Å²) in [5.74, 6) is 0. The molecule has 0 radical (unpaired) electrons. The number of para-hydroxylation sites is 1. The summed E-state index contributed by atoms with van der Waals surface area (Å²) < 4.78 is 0. The number of aryl methyl sites for hydroxylation is 1. The molecule has 5 heteroatoms. The molecule has 1 aromatic carbocycles. The predicted molar refractivity (Wildman–Crippen MR) is 86.9 cm³/mol. The first-order valence-corrected chi connectivity index (χ1v) is 7.75. The van der Waals surface area contributed by atoms with E-state index in [1.54, 1.807) is 18.3 Å². The van der Waals surface area contributed by atoms with E-state index < -0.39 is 6.10 Å². The minimum Gasteiger partial charge on any atom is -0.388 e. The SMILES string of the molecule is Cc1ccccc1NC(=O)NCCc1ccc([C@@H](C)O)s1. The van der Waals surface area contributed by atoms with Gasteiger partial charge in [-0.1, -0.05) is 18.2 Å². The summed E-state index contributed by atoms with van der Waals surface area (Å²) in [6.07, 6.45) is 0.333. The number of aliphatic hydroxyl groups is 1. The molecule has 0 aliphatic heterocycles. The van der Waals surface area contributed by atoms with Crippen LogP contribution in [0.4, 0.5) is 10.5 Å². The van der Waals surface area contributed by atoms with Gasteiger partial charge in [0.1, 0.15) is 0 Å². The molecule has 21 heavy (non-hydrogen) atoms. The van der Waals surface area contributed by atoms with Crippen LogP contribution < -0.4 is 10.6 Å². The largest absolute Gasteiger partial charge is 0.388 e. The molecule has 3 N–H and O–H groups in total. The molecule has 0 saturated carbocycles. The number of carbonyl (C=O) groups is 1. The molecule has 2 aromatic rings. The standard InChI is InChI=1S/C16H20N2O2S/c1-11-5-3-4-6-14(11)18-16(20)17-10-9-13-7-8-15(21-13)12(2)19/h3-8,12,19H,9-10H2,1-2H3,(H2,17,18,20)/t12-/m1/s1. The summed E-state index contributed by atoms with van der Waals surface area (Å²) in [6, 6.07) is 11.4. The van der Waals surface area contributed by atoms with E-state index in [0.29, 0.717) is 6.54 Å². The van der Waals surface area contributed by atoms with Gasteiger partial charge in [0.15, 0.2) is 0 Å². The van der Waals surface area contributed by atoms with Gasteiger partial charge in [0, 0.05) is 22.0 Å². The van der Waals surface area contributed by atoms with Gasteiger partial charge in [0.05, 0.1) is 6.10 Å². The lowest BCUT2D eigenvalue weighted by molar-refractivity contribution is 0.203. The Hall–Kier alpha value is -1.85. The average molecular weight is 304 g/mol. The van der Waals surface area contributed by atoms with Crippen LogP contribution in [0, 0.1) is 6.92 Å². The van der Waals surface area contributed by atoms with Crippen molar-refractivity contribution in [3.8, 4) is 0 Å². The molecule has 1 atom stereocenters. The highest BCUT2D eigenvalue weighted by Crippen LogP contribution is 2.22. The highest BCUT2D eigenvalue weighted by Gasteiger charge is 2.06. The second kappa shape index (κ2) is 7.24. The van der Waals surface area contributed by atoms with E-state index in [1.807, 2.05) is 43.3 Å². The van der Waals surface area contributed by atoms with Crippen LogP contribution >= 0.6 is 11.3 Å². The van der Waals surface area contributed by atoms with Crippen LogP contribution in [-0.2, 0) is 6.42 Å². The zero-order chi connectivity index (χ0) is 15.2. The van der Waals surface area contributed by atoms with Gasteiger partial charge in [-0.3, -0.25) is 0 Å². The molecule has 4 nitrogen and oxygen atoms in total. The predicted octanol–water partition coefficient (Wildman–Crippen LogP) is 3.47. The molecule has 0 aliphatic rings. The lowest BCUT2D eigenvalue weighted by Crippen LogP contribution is -2.30. The first-order chi connectivity index (χ1) is 10.1. The van der Waals surface area contributed by atoms with Crippen molar-refractivity contribution in [2.45, 2.75) is 26.4 Å². The van der Waals surface area contributed by atoms with E-state index in [0.717, 1.165) is 27.4 Å². The number of thiophene rings is 1. The second-order valence-corrected chi connectivity index (χ2v) is 6.13. The van der Waals surface area contributed by atoms with E-state index in [1.165, 1.54) is 0 Å².